The van der Waals surface area contributed by atoms with Gasteiger partial charge in [-0.3, -0.25) is 9.59 Å². The minimum absolute atomic E-state index is 0.0372. The normalized spacial score (nSPS) is 25.9. The maximum atomic E-state index is 13.2. The number of likely N-dealkylation sites (tertiary alicyclic amines) is 1. The molecule has 1 saturated carbocycles. The zero-order valence-electron chi connectivity index (χ0n) is 16.1. The second kappa shape index (κ2) is 7.03. The van der Waals surface area contributed by atoms with E-state index in [1.165, 1.54) is 16.3 Å². The first-order chi connectivity index (χ1) is 14.1. The minimum Gasteiger partial charge on any atom is -0.481 e. The smallest absolute Gasteiger partial charge is 0.308 e. The number of fused-ring (bicyclic) bond motifs is 1. The largest absolute Gasteiger partial charge is 0.481 e. The van der Waals surface area contributed by atoms with Crippen molar-refractivity contribution in [1.29, 1.82) is 0 Å². The lowest BCUT2D eigenvalue weighted by Crippen LogP contribution is -2.31. The Balaban J connectivity index is 1.36. The summed E-state index contributed by atoms with van der Waals surface area (Å²) in [7, 11) is 0. The summed E-state index contributed by atoms with van der Waals surface area (Å²) in [5.74, 6) is -1.22. The number of rotatable bonds is 4. The summed E-state index contributed by atoms with van der Waals surface area (Å²) < 4.78 is 0. The Labute approximate surface area is 169 Å². The molecule has 3 aromatic rings. The SMILES string of the molecule is O=C(O)C1CN(C(=O)C2CC2c2cccc3ccccc23)CC1c1ccccc1. The highest BCUT2D eigenvalue weighted by Gasteiger charge is 2.49. The lowest BCUT2D eigenvalue weighted by molar-refractivity contribution is -0.142. The van der Waals surface area contributed by atoms with E-state index in [2.05, 4.69) is 30.3 Å². The molecule has 4 heteroatoms. The standard InChI is InChI=1S/C25H23NO3/c27-24(21-13-20(21)19-12-6-10-16-9-4-5-11-18(16)19)26-14-22(23(15-26)25(28)29)17-7-2-1-3-8-17/h1-12,20-23H,13-15H2,(H,28,29). The van der Waals surface area contributed by atoms with Gasteiger partial charge in [-0.05, 0) is 34.2 Å². The maximum Gasteiger partial charge on any atom is 0.308 e. The Morgan fingerprint density at radius 2 is 1.52 bits per heavy atom. The van der Waals surface area contributed by atoms with Gasteiger partial charge in [0.05, 0.1) is 5.92 Å². The van der Waals surface area contributed by atoms with Crippen LogP contribution >= 0.6 is 0 Å². The molecule has 1 saturated heterocycles. The average Bonchev–Trinajstić information content (AvgIpc) is 3.42. The minimum atomic E-state index is -0.824. The summed E-state index contributed by atoms with van der Waals surface area (Å²) in [6.45, 7) is 0.783. The molecule has 1 amide bonds. The molecule has 1 aliphatic heterocycles. The van der Waals surface area contributed by atoms with Crippen LogP contribution in [-0.4, -0.2) is 35.0 Å². The molecule has 3 aromatic carbocycles. The lowest BCUT2D eigenvalue weighted by Gasteiger charge is -2.17. The van der Waals surface area contributed by atoms with E-state index in [1.807, 2.05) is 42.5 Å². The molecule has 0 aromatic heterocycles. The molecule has 2 aliphatic rings. The Bertz CT molecular complexity index is 1070. The van der Waals surface area contributed by atoms with Crippen molar-refractivity contribution in [2.75, 3.05) is 13.1 Å². The van der Waals surface area contributed by atoms with Gasteiger partial charge in [0.2, 0.25) is 5.91 Å². The van der Waals surface area contributed by atoms with Crippen LogP contribution in [0.25, 0.3) is 10.8 Å². The highest BCUT2D eigenvalue weighted by Crippen LogP contribution is 2.51. The Hall–Kier alpha value is -3.14. The molecular weight excluding hydrogens is 362 g/mol. The van der Waals surface area contributed by atoms with E-state index in [9.17, 15) is 14.7 Å². The molecule has 2 fully saturated rings. The molecule has 29 heavy (non-hydrogen) atoms. The molecule has 0 spiro atoms. The highest BCUT2D eigenvalue weighted by atomic mass is 16.4. The molecule has 4 unspecified atom stereocenters. The number of hydrogen-bond donors (Lipinski definition) is 1. The number of aliphatic carboxylic acids is 1. The van der Waals surface area contributed by atoms with Gasteiger partial charge in [0.25, 0.3) is 0 Å². The van der Waals surface area contributed by atoms with Gasteiger partial charge < -0.3 is 10.0 Å². The van der Waals surface area contributed by atoms with Crippen LogP contribution in [0.2, 0.25) is 0 Å². The van der Waals surface area contributed by atoms with E-state index in [1.54, 1.807) is 4.90 Å². The molecule has 5 rings (SSSR count). The number of carboxylic acids is 1. The quantitative estimate of drug-likeness (QED) is 0.730. The van der Waals surface area contributed by atoms with Gasteiger partial charge in [0.1, 0.15) is 0 Å². The Morgan fingerprint density at radius 1 is 0.793 bits per heavy atom. The maximum absolute atomic E-state index is 13.2. The van der Waals surface area contributed by atoms with Crippen molar-refractivity contribution >= 4 is 22.6 Å². The molecular formula is C25H23NO3. The van der Waals surface area contributed by atoms with Crippen LogP contribution in [-0.2, 0) is 9.59 Å². The third-order valence-corrected chi connectivity index (χ3v) is 6.51. The van der Waals surface area contributed by atoms with Crippen molar-refractivity contribution < 1.29 is 14.7 Å². The first kappa shape index (κ1) is 17.9. The van der Waals surface area contributed by atoms with Gasteiger partial charge in [0.15, 0.2) is 0 Å². The summed E-state index contributed by atoms with van der Waals surface area (Å²) in [6, 6.07) is 24.3. The van der Waals surface area contributed by atoms with Gasteiger partial charge in [-0.15, -0.1) is 0 Å². The topological polar surface area (TPSA) is 57.6 Å². The van der Waals surface area contributed by atoms with Crippen molar-refractivity contribution in [3.05, 3.63) is 83.9 Å². The molecule has 146 valence electrons. The molecule has 4 nitrogen and oxygen atoms in total. The Kier molecular flexibility index (Phi) is 4.35. The van der Waals surface area contributed by atoms with E-state index < -0.39 is 11.9 Å². The summed E-state index contributed by atoms with van der Waals surface area (Å²) in [6.07, 6.45) is 0.844. The molecule has 0 radical (unpaired) electrons. The monoisotopic (exact) mass is 385 g/mol. The number of carboxylic acid groups (broad SMARTS) is 1. The second-order valence-corrected chi connectivity index (χ2v) is 8.22. The summed E-state index contributed by atoms with van der Waals surface area (Å²) in [4.78, 5) is 26.8. The van der Waals surface area contributed by atoms with Crippen LogP contribution in [0.3, 0.4) is 0 Å². The van der Waals surface area contributed by atoms with Gasteiger partial charge in [-0.2, -0.15) is 0 Å². The van der Waals surface area contributed by atoms with Crippen LogP contribution < -0.4 is 0 Å². The van der Waals surface area contributed by atoms with Gasteiger partial charge in [-0.25, -0.2) is 0 Å². The summed E-state index contributed by atoms with van der Waals surface area (Å²) >= 11 is 0. The van der Waals surface area contributed by atoms with Crippen LogP contribution in [0.1, 0.15) is 29.4 Å². The molecule has 4 atom stereocenters. The van der Waals surface area contributed by atoms with Crippen molar-refractivity contribution in [2.45, 2.75) is 18.3 Å². The number of nitrogens with zero attached hydrogens (tertiary/aromatic N) is 1. The van der Waals surface area contributed by atoms with Crippen LogP contribution in [0.5, 0.6) is 0 Å². The van der Waals surface area contributed by atoms with E-state index >= 15 is 0 Å². The third kappa shape index (κ3) is 3.19. The average molecular weight is 385 g/mol. The van der Waals surface area contributed by atoms with Crippen molar-refractivity contribution in [3.8, 4) is 0 Å². The fourth-order valence-corrected chi connectivity index (χ4v) is 4.89. The van der Waals surface area contributed by atoms with Crippen LogP contribution in [0, 0.1) is 11.8 Å². The predicted octanol–water partition coefficient (Wildman–Crippen LogP) is 4.27. The van der Waals surface area contributed by atoms with Crippen molar-refractivity contribution in [2.24, 2.45) is 11.8 Å². The first-order valence-electron chi connectivity index (χ1n) is 10.2. The second-order valence-electron chi connectivity index (χ2n) is 8.22. The predicted molar refractivity (Wildman–Crippen MR) is 112 cm³/mol. The zero-order chi connectivity index (χ0) is 20.0. The molecule has 0 bridgehead atoms. The van der Waals surface area contributed by atoms with Gasteiger partial charge in [0, 0.05) is 24.9 Å². The number of carbonyl (C=O) groups excluding carboxylic acids is 1. The first-order valence-corrected chi connectivity index (χ1v) is 10.2. The van der Waals surface area contributed by atoms with Crippen LogP contribution in [0.4, 0.5) is 0 Å². The van der Waals surface area contributed by atoms with E-state index in [0.29, 0.717) is 13.1 Å². The van der Waals surface area contributed by atoms with E-state index in [0.717, 1.165) is 12.0 Å². The zero-order valence-corrected chi connectivity index (χ0v) is 16.1. The third-order valence-electron chi connectivity index (χ3n) is 6.51. The van der Waals surface area contributed by atoms with Gasteiger partial charge >= 0.3 is 5.97 Å². The number of benzene rings is 3. The van der Waals surface area contributed by atoms with Crippen LogP contribution in [0.15, 0.2) is 72.8 Å². The molecule has 1 heterocycles. The molecule has 1 aliphatic carbocycles. The fourth-order valence-electron chi connectivity index (χ4n) is 4.89. The summed E-state index contributed by atoms with van der Waals surface area (Å²) in [5, 5.41) is 12.1. The van der Waals surface area contributed by atoms with Crippen molar-refractivity contribution in [1.82, 2.24) is 4.90 Å². The van der Waals surface area contributed by atoms with Gasteiger partial charge in [-0.1, -0.05) is 72.8 Å². The Morgan fingerprint density at radius 3 is 2.31 bits per heavy atom. The summed E-state index contributed by atoms with van der Waals surface area (Å²) in [5.41, 5.74) is 2.23. The number of carbonyl (C=O) groups is 2. The van der Waals surface area contributed by atoms with Crippen molar-refractivity contribution in [3.63, 3.8) is 0 Å². The fraction of sp³-hybridized carbons (Fsp3) is 0.280. The number of amides is 1. The molecule has 1 N–H and O–H groups in total. The van der Waals surface area contributed by atoms with E-state index in [-0.39, 0.29) is 23.7 Å². The number of hydrogen-bond acceptors (Lipinski definition) is 2. The lowest BCUT2D eigenvalue weighted by atomic mass is 9.89. The van der Waals surface area contributed by atoms with E-state index in [4.69, 9.17) is 0 Å². The highest BCUT2D eigenvalue weighted by molar-refractivity contribution is 5.90.